The summed E-state index contributed by atoms with van der Waals surface area (Å²) >= 11 is 0. The molecule has 1 saturated heterocycles. The predicted octanol–water partition coefficient (Wildman–Crippen LogP) is 2.02. The summed E-state index contributed by atoms with van der Waals surface area (Å²) in [6, 6.07) is 3.47. The molecule has 7 nitrogen and oxygen atoms in total. The molecule has 1 aromatic carbocycles. The molecule has 1 unspecified atom stereocenters. The number of aromatic hydroxyl groups is 1. The zero-order valence-electron chi connectivity index (χ0n) is 12.0. The first-order chi connectivity index (χ1) is 9.83. The third kappa shape index (κ3) is 3.13. The minimum absolute atomic E-state index is 0.157. The number of para-hydroxylation sites is 1. The molecule has 1 heterocycles. The van der Waals surface area contributed by atoms with Gasteiger partial charge in [-0.3, -0.25) is 14.9 Å². The van der Waals surface area contributed by atoms with Crippen LogP contribution in [0.5, 0.6) is 5.75 Å². The number of nitrogens with one attached hydrogen (secondary N) is 2. The van der Waals surface area contributed by atoms with Gasteiger partial charge in [0.2, 0.25) is 5.91 Å². The average molecular weight is 293 g/mol. The molecule has 1 aliphatic heterocycles. The molecule has 2 rings (SSSR count). The number of nitro benzene ring substituents is 1. The van der Waals surface area contributed by atoms with E-state index in [1.165, 1.54) is 18.2 Å². The highest BCUT2D eigenvalue weighted by Crippen LogP contribution is 2.35. The summed E-state index contributed by atoms with van der Waals surface area (Å²) in [6.45, 7) is 4.68. The molecule has 114 valence electrons. The average Bonchev–Trinajstić information content (AvgIpc) is 2.40. The Bertz CT molecular complexity index is 571. The monoisotopic (exact) mass is 293 g/mol. The van der Waals surface area contributed by atoms with Crippen molar-refractivity contribution in [2.24, 2.45) is 5.41 Å². The summed E-state index contributed by atoms with van der Waals surface area (Å²) < 4.78 is 0. The van der Waals surface area contributed by atoms with Crippen LogP contribution in [0.15, 0.2) is 18.2 Å². The summed E-state index contributed by atoms with van der Waals surface area (Å²) in [6.07, 6.45) is 1.87. The van der Waals surface area contributed by atoms with Crippen LogP contribution in [0.2, 0.25) is 0 Å². The lowest BCUT2D eigenvalue weighted by Gasteiger charge is -2.38. The molecule has 1 atom stereocenters. The Morgan fingerprint density at radius 2 is 2.24 bits per heavy atom. The lowest BCUT2D eigenvalue weighted by Crippen LogP contribution is -2.53. The lowest BCUT2D eigenvalue weighted by molar-refractivity contribution is -0.384. The van der Waals surface area contributed by atoms with E-state index in [0.717, 1.165) is 19.4 Å². The predicted molar refractivity (Wildman–Crippen MR) is 78.2 cm³/mol. The molecule has 0 radical (unpaired) electrons. The largest absolute Gasteiger partial charge is 0.505 e. The number of carbonyl (C=O) groups is 1. The molecule has 3 N–H and O–H groups in total. The lowest BCUT2D eigenvalue weighted by atomic mass is 9.77. The fourth-order valence-electron chi connectivity index (χ4n) is 2.66. The van der Waals surface area contributed by atoms with Gasteiger partial charge in [0.1, 0.15) is 5.75 Å². The van der Waals surface area contributed by atoms with Crippen LogP contribution in [0.25, 0.3) is 0 Å². The highest BCUT2D eigenvalue weighted by atomic mass is 16.6. The van der Waals surface area contributed by atoms with Gasteiger partial charge in [0, 0.05) is 6.07 Å². The van der Waals surface area contributed by atoms with Gasteiger partial charge < -0.3 is 15.7 Å². The fourth-order valence-corrected chi connectivity index (χ4v) is 2.66. The second-order valence-electron chi connectivity index (χ2n) is 5.90. The molecule has 1 amide bonds. The van der Waals surface area contributed by atoms with E-state index in [-0.39, 0.29) is 28.4 Å². The molecule has 0 bridgehead atoms. The molecular formula is C14H19N3O4. The van der Waals surface area contributed by atoms with E-state index >= 15 is 0 Å². The molecule has 0 spiro atoms. The zero-order valence-corrected chi connectivity index (χ0v) is 12.0. The Kier molecular flexibility index (Phi) is 4.13. The molecular weight excluding hydrogens is 274 g/mol. The third-order valence-electron chi connectivity index (χ3n) is 3.86. The van der Waals surface area contributed by atoms with E-state index in [4.69, 9.17) is 0 Å². The van der Waals surface area contributed by atoms with Crippen molar-refractivity contribution < 1.29 is 14.8 Å². The number of phenolic OH excluding ortho intramolecular Hbond substituents is 1. The van der Waals surface area contributed by atoms with E-state index < -0.39 is 11.0 Å². The Balaban J connectivity index is 2.26. The highest BCUT2D eigenvalue weighted by molar-refractivity contribution is 5.98. The number of nitro groups is 1. The number of nitrogens with zero attached hydrogens (tertiary/aromatic N) is 1. The van der Waals surface area contributed by atoms with Crippen molar-refractivity contribution in [1.29, 1.82) is 0 Å². The van der Waals surface area contributed by atoms with Crippen LogP contribution in [0.1, 0.15) is 26.7 Å². The van der Waals surface area contributed by atoms with Crippen molar-refractivity contribution in [3.63, 3.8) is 0 Å². The summed E-state index contributed by atoms with van der Waals surface area (Å²) in [5.41, 5.74) is -0.728. The van der Waals surface area contributed by atoms with Crippen molar-refractivity contribution in [3.05, 3.63) is 28.3 Å². The van der Waals surface area contributed by atoms with Gasteiger partial charge in [-0.1, -0.05) is 19.9 Å². The van der Waals surface area contributed by atoms with Crippen molar-refractivity contribution >= 4 is 17.3 Å². The molecule has 0 saturated carbocycles. The van der Waals surface area contributed by atoms with E-state index in [9.17, 15) is 20.0 Å². The maximum Gasteiger partial charge on any atom is 0.296 e. The fraction of sp³-hybridized carbons (Fsp3) is 0.500. The number of piperidine rings is 1. The maximum absolute atomic E-state index is 12.4. The molecule has 1 fully saturated rings. The van der Waals surface area contributed by atoms with Gasteiger partial charge in [0.25, 0.3) is 5.69 Å². The number of hydrogen-bond acceptors (Lipinski definition) is 5. The van der Waals surface area contributed by atoms with E-state index in [2.05, 4.69) is 10.6 Å². The molecule has 21 heavy (non-hydrogen) atoms. The number of phenols is 1. The Hall–Kier alpha value is -2.15. The minimum atomic E-state index is -0.630. The quantitative estimate of drug-likeness (QED) is 0.449. The topological polar surface area (TPSA) is 104 Å². The first-order valence-corrected chi connectivity index (χ1v) is 6.83. The van der Waals surface area contributed by atoms with Crippen LogP contribution >= 0.6 is 0 Å². The minimum Gasteiger partial charge on any atom is -0.505 e. The molecule has 7 heteroatoms. The summed E-state index contributed by atoms with van der Waals surface area (Å²) in [5.74, 6) is -0.685. The van der Waals surface area contributed by atoms with Crippen LogP contribution < -0.4 is 10.6 Å². The van der Waals surface area contributed by atoms with E-state index in [1.807, 2.05) is 13.8 Å². The summed E-state index contributed by atoms with van der Waals surface area (Å²) in [5, 5.41) is 26.4. The van der Waals surface area contributed by atoms with E-state index in [1.54, 1.807) is 0 Å². The number of hydrogen-bond donors (Lipinski definition) is 3. The smallest absolute Gasteiger partial charge is 0.296 e. The first-order valence-electron chi connectivity index (χ1n) is 6.83. The molecule has 0 aliphatic carbocycles. The second-order valence-corrected chi connectivity index (χ2v) is 5.90. The number of benzene rings is 1. The Morgan fingerprint density at radius 3 is 2.86 bits per heavy atom. The summed E-state index contributed by atoms with van der Waals surface area (Å²) in [7, 11) is 0. The van der Waals surface area contributed by atoms with Crippen LogP contribution in [0.4, 0.5) is 11.4 Å². The van der Waals surface area contributed by atoms with Gasteiger partial charge >= 0.3 is 0 Å². The van der Waals surface area contributed by atoms with Crippen molar-refractivity contribution in [1.82, 2.24) is 5.32 Å². The standard InChI is InChI=1S/C14H19N3O4/c1-14(2)7-4-8-15-12(14)13(19)16-11-9(17(20)21)5-3-6-10(11)18/h3,5-6,12,15,18H,4,7-8H2,1-2H3,(H,16,19). The van der Waals surface area contributed by atoms with Gasteiger partial charge in [-0.15, -0.1) is 0 Å². The molecule has 1 aromatic rings. The number of rotatable bonds is 3. The number of amides is 1. The second kappa shape index (κ2) is 5.69. The summed E-state index contributed by atoms with van der Waals surface area (Å²) in [4.78, 5) is 22.8. The SMILES string of the molecule is CC1(C)CCCNC1C(=O)Nc1c(O)cccc1[N+](=O)[O-]. The third-order valence-corrected chi connectivity index (χ3v) is 3.86. The van der Waals surface area contributed by atoms with Crippen LogP contribution in [-0.4, -0.2) is 28.5 Å². The molecule has 0 aromatic heterocycles. The van der Waals surface area contributed by atoms with Gasteiger partial charge in [-0.2, -0.15) is 0 Å². The van der Waals surface area contributed by atoms with Crippen LogP contribution in [-0.2, 0) is 4.79 Å². The van der Waals surface area contributed by atoms with Crippen molar-refractivity contribution in [2.45, 2.75) is 32.7 Å². The van der Waals surface area contributed by atoms with Gasteiger partial charge in [0.05, 0.1) is 11.0 Å². The van der Waals surface area contributed by atoms with Crippen LogP contribution in [0, 0.1) is 15.5 Å². The maximum atomic E-state index is 12.4. The van der Waals surface area contributed by atoms with Gasteiger partial charge in [0.15, 0.2) is 5.69 Å². The van der Waals surface area contributed by atoms with Gasteiger partial charge in [-0.05, 0) is 30.9 Å². The van der Waals surface area contributed by atoms with Crippen molar-refractivity contribution in [3.8, 4) is 5.75 Å². The number of carbonyl (C=O) groups excluding carboxylic acids is 1. The normalized spacial score (nSPS) is 20.8. The number of anilines is 1. The van der Waals surface area contributed by atoms with E-state index in [0.29, 0.717) is 0 Å². The first kappa shape index (κ1) is 15.2. The molecule has 1 aliphatic rings. The Morgan fingerprint density at radius 1 is 1.52 bits per heavy atom. The van der Waals surface area contributed by atoms with Gasteiger partial charge in [-0.25, -0.2) is 0 Å². The van der Waals surface area contributed by atoms with Crippen LogP contribution in [0.3, 0.4) is 0 Å². The highest BCUT2D eigenvalue weighted by Gasteiger charge is 2.38. The van der Waals surface area contributed by atoms with Crippen molar-refractivity contribution in [2.75, 3.05) is 11.9 Å². The zero-order chi connectivity index (χ0) is 15.6. The Labute approximate surface area is 122 Å².